The smallest absolute Gasteiger partial charge is 0.144 e. The quantitative estimate of drug-likeness (QED) is 0.715. The Morgan fingerprint density at radius 2 is 2.31 bits per heavy atom. The van der Waals surface area contributed by atoms with Gasteiger partial charge in [0.2, 0.25) is 0 Å². The third kappa shape index (κ3) is 1.99. The lowest BCUT2D eigenvalue weighted by atomic mass is 10.1. The normalized spacial score (nSPS) is 20.5. The minimum absolute atomic E-state index is 0.375. The summed E-state index contributed by atoms with van der Waals surface area (Å²) < 4.78 is 5.84. The van der Waals surface area contributed by atoms with Gasteiger partial charge in [0.25, 0.3) is 0 Å². The third-order valence-electron chi connectivity index (χ3n) is 2.23. The van der Waals surface area contributed by atoms with Crippen LogP contribution in [0.4, 0.5) is 0 Å². The number of para-hydroxylation sites is 1. The highest BCUT2D eigenvalue weighted by atomic mass is 32.2. The highest BCUT2D eigenvalue weighted by molar-refractivity contribution is 7.99. The summed E-state index contributed by atoms with van der Waals surface area (Å²) in [5.41, 5.74) is 1.73. The SMILES string of the molecule is CCSC1CCc2ccccc2O1. The van der Waals surface area contributed by atoms with Crippen LogP contribution in [0.5, 0.6) is 5.75 Å². The van der Waals surface area contributed by atoms with E-state index in [0.29, 0.717) is 5.44 Å². The monoisotopic (exact) mass is 194 g/mol. The predicted octanol–water partition coefficient (Wildman–Crippen LogP) is 3.09. The molecule has 13 heavy (non-hydrogen) atoms. The van der Waals surface area contributed by atoms with Gasteiger partial charge in [-0.1, -0.05) is 25.1 Å². The van der Waals surface area contributed by atoms with Crippen molar-refractivity contribution in [2.24, 2.45) is 0 Å². The van der Waals surface area contributed by atoms with E-state index in [0.717, 1.165) is 24.3 Å². The molecule has 1 nitrogen and oxygen atoms in total. The molecule has 1 aliphatic heterocycles. The van der Waals surface area contributed by atoms with Gasteiger partial charge in [-0.2, -0.15) is 0 Å². The summed E-state index contributed by atoms with van der Waals surface area (Å²) in [6.45, 7) is 2.18. The fourth-order valence-corrected chi connectivity index (χ4v) is 2.43. The first-order valence-corrected chi connectivity index (χ1v) is 5.81. The van der Waals surface area contributed by atoms with Gasteiger partial charge in [-0.25, -0.2) is 0 Å². The van der Waals surface area contributed by atoms with E-state index in [1.165, 1.54) is 5.56 Å². The van der Waals surface area contributed by atoms with Gasteiger partial charge in [0.15, 0.2) is 0 Å². The van der Waals surface area contributed by atoms with E-state index in [2.05, 4.69) is 25.1 Å². The van der Waals surface area contributed by atoms with Crippen LogP contribution in [0.2, 0.25) is 0 Å². The molecule has 2 rings (SSSR count). The van der Waals surface area contributed by atoms with E-state index in [1.807, 2.05) is 17.8 Å². The second-order valence-electron chi connectivity index (χ2n) is 3.15. The Labute approximate surface area is 83.5 Å². The molecule has 0 amide bonds. The topological polar surface area (TPSA) is 9.23 Å². The highest BCUT2D eigenvalue weighted by Gasteiger charge is 2.18. The number of aryl methyl sites for hydroxylation is 1. The first kappa shape index (κ1) is 8.95. The Bertz CT molecular complexity index is 285. The number of fused-ring (bicyclic) bond motifs is 1. The predicted molar refractivity (Wildman–Crippen MR) is 57.3 cm³/mol. The minimum atomic E-state index is 0.375. The van der Waals surface area contributed by atoms with Crippen LogP contribution in [0.1, 0.15) is 18.9 Å². The second kappa shape index (κ2) is 4.05. The van der Waals surface area contributed by atoms with E-state index in [4.69, 9.17) is 4.74 Å². The number of ether oxygens (including phenoxy) is 1. The maximum absolute atomic E-state index is 5.84. The Morgan fingerprint density at radius 3 is 3.15 bits per heavy atom. The molecule has 70 valence electrons. The zero-order chi connectivity index (χ0) is 9.10. The molecular formula is C11H14OS. The zero-order valence-electron chi connectivity index (χ0n) is 7.82. The van der Waals surface area contributed by atoms with E-state index in [1.54, 1.807) is 0 Å². The van der Waals surface area contributed by atoms with Crippen LogP contribution in [-0.4, -0.2) is 11.2 Å². The van der Waals surface area contributed by atoms with Crippen LogP contribution >= 0.6 is 11.8 Å². The van der Waals surface area contributed by atoms with Crippen molar-refractivity contribution in [3.8, 4) is 5.75 Å². The van der Waals surface area contributed by atoms with E-state index in [9.17, 15) is 0 Å². The standard InChI is InChI=1S/C11H14OS/c1-2-13-11-8-7-9-5-3-4-6-10(9)12-11/h3-6,11H,2,7-8H2,1H3. The molecule has 2 heteroatoms. The molecule has 1 heterocycles. The molecule has 1 unspecified atom stereocenters. The van der Waals surface area contributed by atoms with Crippen molar-refractivity contribution in [3.05, 3.63) is 29.8 Å². The summed E-state index contributed by atoms with van der Waals surface area (Å²) in [6, 6.07) is 8.34. The van der Waals surface area contributed by atoms with Crippen LogP contribution in [0.25, 0.3) is 0 Å². The van der Waals surface area contributed by atoms with Gasteiger partial charge in [-0.3, -0.25) is 0 Å². The Morgan fingerprint density at radius 1 is 1.46 bits per heavy atom. The van der Waals surface area contributed by atoms with Gasteiger partial charge in [0.05, 0.1) is 0 Å². The Hall–Kier alpha value is -0.630. The molecule has 0 bridgehead atoms. The van der Waals surface area contributed by atoms with Crippen molar-refractivity contribution in [2.45, 2.75) is 25.2 Å². The average molecular weight is 194 g/mol. The Kier molecular flexibility index (Phi) is 2.79. The average Bonchev–Trinajstić information content (AvgIpc) is 2.18. The van der Waals surface area contributed by atoms with Crippen LogP contribution < -0.4 is 4.74 Å². The van der Waals surface area contributed by atoms with Crippen molar-refractivity contribution in [2.75, 3.05) is 5.75 Å². The van der Waals surface area contributed by atoms with Crippen molar-refractivity contribution in [1.29, 1.82) is 0 Å². The van der Waals surface area contributed by atoms with Crippen LogP contribution in [-0.2, 0) is 6.42 Å². The maximum atomic E-state index is 5.84. The van der Waals surface area contributed by atoms with E-state index < -0.39 is 0 Å². The molecular weight excluding hydrogens is 180 g/mol. The number of hydrogen-bond acceptors (Lipinski definition) is 2. The number of thioether (sulfide) groups is 1. The lowest BCUT2D eigenvalue weighted by Crippen LogP contribution is -2.19. The van der Waals surface area contributed by atoms with Crippen molar-refractivity contribution in [3.63, 3.8) is 0 Å². The highest BCUT2D eigenvalue weighted by Crippen LogP contribution is 2.31. The summed E-state index contributed by atoms with van der Waals surface area (Å²) in [6.07, 6.45) is 2.31. The second-order valence-corrected chi connectivity index (χ2v) is 4.59. The summed E-state index contributed by atoms with van der Waals surface area (Å²) in [7, 11) is 0. The van der Waals surface area contributed by atoms with Gasteiger partial charge in [0, 0.05) is 0 Å². The van der Waals surface area contributed by atoms with Crippen LogP contribution in [0.15, 0.2) is 24.3 Å². The molecule has 1 aliphatic rings. The first-order chi connectivity index (χ1) is 6.40. The van der Waals surface area contributed by atoms with Crippen molar-refractivity contribution >= 4 is 11.8 Å². The van der Waals surface area contributed by atoms with E-state index in [-0.39, 0.29) is 0 Å². The number of rotatable bonds is 2. The molecule has 0 saturated heterocycles. The molecule has 0 saturated carbocycles. The van der Waals surface area contributed by atoms with Crippen LogP contribution in [0, 0.1) is 0 Å². The van der Waals surface area contributed by atoms with Gasteiger partial charge < -0.3 is 4.74 Å². The Balaban J connectivity index is 2.11. The molecule has 1 aromatic rings. The van der Waals surface area contributed by atoms with Gasteiger partial charge in [-0.05, 0) is 30.2 Å². The van der Waals surface area contributed by atoms with Crippen molar-refractivity contribution < 1.29 is 4.74 Å². The number of benzene rings is 1. The lowest BCUT2D eigenvalue weighted by molar-refractivity contribution is 0.256. The van der Waals surface area contributed by atoms with Crippen LogP contribution in [0.3, 0.4) is 0 Å². The zero-order valence-corrected chi connectivity index (χ0v) is 8.64. The molecule has 0 radical (unpaired) electrons. The molecule has 0 N–H and O–H groups in total. The maximum Gasteiger partial charge on any atom is 0.144 e. The summed E-state index contributed by atoms with van der Waals surface area (Å²) in [4.78, 5) is 0. The summed E-state index contributed by atoms with van der Waals surface area (Å²) in [5.74, 6) is 2.21. The summed E-state index contributed by atoms with van der Waals surface area (Å²) >= 11 is 1.89. The molecule has 0 spiro atoms. The molecule has 0 fully saturated rings. The van der Waals surface area contributed by atoms with Crippen molar-refractivity contribution in [1.82, 2.24) is 0 Å². The fourth-order valence-electron chi connectivity index (χ4n) is 1.60. The van der Waals surface area contributed by atoms with Gasteiger partial charge >= 0.3 is 0 Å². The number of hydrogen-bond donors (Lipinski definition) is 0. The van der Waals surface area contributed by atoms with Gasteiger partial charge in [-0.15, -0.1) is 11.8 Å². The molecule has 0 aliphatic carbocycles. The summed E-state index contributed by atoms with van der Waals surface area (Å²) in [5, 5.41) is 0. The third-order valence-corrected chi connectivity index (χ3v) is 3.27. The molecule has 1 aromatic carbocycles. The molecule has 1 atom stereocenters. The molecule has 0 aromatic heterocycles. The fraction of sp³-hybridized carbons (Fsp3) is 0.455. The van der Waals surface area contributed by atoms with E-state index >= 15 is 0 Å². The largest absolute Gasteiger partial charge is 0.480 e. The lowest BCUT2D eigenvalue weighted by Gasteiger charge is -2.25. The minimum Gasteiger partial charge on any atom is -0.480 e. The first-order valence-electron chi connectivity index (χ1n) is 4.76. The van der Waals surface area contributed by atoms with Gasteiger partial charge in [0.1, 0.15) is 11.2 Å².